The monoisotopic (exact) mass is 862 g/mol. The van der Waals surface area contributed by atoms with Crippen LogP contribution in [0.4, 0.5) is 4.79 Å². The summed E-state index contributed by atoms with van der Waals surface area (Å²) in [4.78, 5) is 61.0. The smallest absolute Gasteiger partial charge is 0.410 e. The molecule has 15 heteroatoms. The summed E-state index contributed by atoms with van der Waals surface area (Å²) in [5.74, 6) is -0.308. The minimum atomic E-state index is -3.90. The molecular weight excluding hydrogens is 801 g/mol. The molecule has 2 aliphatic heterocycles. The molecule has 1 aromatic heterocycles. The number of nitrogens with zero attached hydrogens (tertiary/aromatic N) is 3. The molecule has 1 unspecified atom stereocenters. The van der Waals surface area contributed by atoms with Crippen LogP contribution in [0.15, 0.2) is 71.9 Å². The van der Waals surface area contributed by atoms with Crippen molar-refractivity contribution in [1.82, 2.24) is 20.1 Å². The topological polar surface area (TPSA) is 171 Å². The second-order valence-electron chi connectivity index (χ2n) is 17.9. The molecule has 1 N–H and O–H groups in total. The number of rotatable bonds is 15. The van der Waals surface area contributed by atoms with Gasteiger partial charge in [-0.1, -0.05) is 29.8 Å². The van der Waals surface area contributed by atoms with Crippen LogP contribution in [-0.2, 0) is 38.2 Å². The molecule has 3 heterocycles. The number of piperidine rings is 2. The zero-order chi connectivity index (χ0) is 44.4. The molecule has 2 aromatic carbocycles. The van der Waals surface area contributed by atoms with Gasteiger partial charge < -0.3 is 29.3 Å². The number of esters is 1. The third kappa shape index (κ3) is 14.8. The molecular formula is C46H62N4O10S. The molecule has 2 aliphatic rings. The first-order valence-electron chi connectivity index (χ1n) is 21.2. The van der Waals surface area contributed by atoms with Gasteiger partial charge in [0.15, 0.2) is 0 Å². The fourth-order valence-electron chi connectivity index (χ4n) is 7.35. The Bertz CT molecular complexity index is 2070. The van der Waals surface area contributed by atoms with Crippen molar-refractivity contribution in [1.29, 1.82) is 0 Å². The van der Waals surface area contributed by atoms with Gasteiger partial charge in [-0.15, -0.1) is 0 Å². The van der Waals surface area contributed by atoms with Crippen molar-refractivity contribution in [3.8, 4) is 16.9 Å². The number of carbonyl (C=O) groups excluding carboxylic acids is 4. The average molecular weight is 863 g/mol. The van der Waals surface area contributed by atoms with Crippen molar-refractivity contribution in [3.63, 3.8) is 0 Å². The molecule has 0 aliphatic carbocycles. The second kappa shape index (κ2) is 20.7. The second-order valence-corrected chi connectivity index (χ2v) is 19.6. The highest BCUT2D eigenvalue weighted by atomic mass is 32.2. The van der Waals surface area contributed by atoms with Gasteiger partial charge in [0.05, 0.1) is 23.3 Å². The lowest BCUT2D eigenvalue weighted by Crippen LogP contribution is -2.46. The Kier molecular flexibility index (Phi) is 16.0. The number of nitrogens with one attached hydrogen (secondary N) is 1. The van der Waals surface area contributed by atoms with Crippen molar-refractivity contribution in [2.45, 2.75) is 116 Å². The van der Waals surface area contributed by atoms with E-state index < -0.39 is 39.2 Å². The van der Waals surface area contributed by atoms with Crippen LogP contribution in [-0.4, -0.2) is 97.7 Å². The summed E-state index contributed by atoms with van der Waals surface area (Å²) in [5.41, 5.74) is 1.83. The number of aromatic nitrogens is 1. The van der Waals surface area contributed by atoms with E-state index in [0.29, 0.717) is 62.7 Å². The third-order valence-corrected chi connectivity index (χ3v) is 11.9. The molecule has 14 nitrogen and oxygen atoms in total. The average Bonchev–Trinajstić information content (AvgIpc) is 3.20. The number of hydrogen-bond acceptors (Lipinski definition) is 11. The van der Waals surface area contributed by atoms with Gasteiger partial charge in [0, 0.05) is 50.6 Å². The predicted molar refractivity (Wildman–Crippen MR) is 230 cm³/mol. The summed E-state index contributed by atoms with van der Waals surface area (Å²) in [6.07, 6.45) is 6.91. The number of carbonyl (C=O) groups is 4. The summed E-state index contributed by atoms with van der Waals surface area (Å²) < 4.78 is 47.0. The van der Waals surface area contributed by atoms with Crippen LogP contribution >= 0.6 is 0 Å². The van der Waals surface area contributed by atoms with E-state index in [-0.39, 0.29) is 42.4 Å². The largest absolute Gasteiger partial charge is 0.491 e. The number of pyridine rings is 1. The molecule has 0 spiro atoms. The van der Waals surface area contributed by atoms with Gasteiger partial charge in [-0.3, -0.25) is 23.6 Å². The van der Waals surface area contributed by atoms with E-state index in [4.69, 9.17) is 18.4 Å². The van der Waals surface area contributed by atoms with Gasteiger partial charge in [-0.05, 0) is 128 Å². The van der Waals surface area contributed by atoms with Gasteiger partial charge >= 0.3 is 12.1 Å². The Morgan fingerprint density at radius 2 is 1.49 bits per heavy atom. The molecule has 61 heavy (non-hydrogen) atoms. The van der Waals surface area contributed by atoms with E-state index in [1.165, 1.54) is 12.1 Å². The lowest BCUT2D eigenvalue weighted by molar-refractivity contribution is -0.155. The molecule has 3 amide bonds. The highest BCUT2D eigenvalue weighted by Gasteiger charge is 2.32. The van der Waals surface area contributed by atoms with Crippen molar-refractivity contribution in [3.05, 3.63) is 78.1 Å². The van der Waals surface area contributed by atoms with Gasteiger partial charge in [0.2, 0.25) is 11.8 Å². The zero-order valence-corrected chi connectivity index (χ0v) is 37.4. The minimum absolute atomic E-state index is 0.0125. The van der Waals surface area contributed by atoms with Crippen LogP contribution in [0.1, 0.15) is 104 Å². The number of likely N-dealkylation sites (tertiary alicyclic amines) is 2. The maximum absolute atomic E-state index is 13.9. The van der Waals surface area contributed by atoms with Gasteiger partial charge in [0.25, 0.3) is 10.1 Å². The van der Waals surface area contributed by atoms with Crippen molar-refractivity contribution in [2.75, 3.05) is 39.4 Å². The first-order chi connectivity index (χ1) is 28.7. The first-order valence-corrected chi connectivity index (χ1v) is 22.6. The summed E-state index contributed by atoms with van der Waals surface area (Å²) >= 11 is 0. The van der Waals surface area contributed by atoms with Crippen LogP contribution in [0.3, 0.4) is 0 Å². The molecule has 5 rings (SSSR count). The number of aryl methyl sites for hydroxylation is 1. The normalized spacial score (nSPS) is 17.0. The van der Waals surface area contributed by atoms with E-state index in [1.54, 1.807) is 67.2 Å². The van der Waals surface area contributed by atoms with Gasteiger partial charge in [-0.2, -0.15) is 8.42 Å². The Morgan fingerprint density at radius 3 is 2.15 bits per heavy atom. The van der Waals surface area contributed by atoms with Crippen molar-refractivity contribution < 1.29 is 46.0 Å². The quantitative estimate of drug-likeness (QED) is 0.0918. The molecule has 332 valence electrons. The van der Waals surface area contributed by atoms with E-state index in [1.807, 2.05) is 45.9 Å². The van der Waals surface area contributed by atoms with E-state index in [0.717, 1.165) is 36.0 Å². The maximum Gasteiger partial charge on any atom is 0.410 e. The summed E-state index contributed by atoms with van der Waals surface area (Å²) in [5, 5.41) is 3.10. The number of amides is 3. The van der Waals surface area contributed by atoms with Crippen LogP contribution < -0.4 is 10.1 Å². The maximum atomic E-state index is 13.9. The fraction of sp³-hybridized carbons (Fsp3) is 0.543. The molecule has 2 saturated heterocycles. The molecule has 0 saturated carbocycles. The number of hydrogen-bond donors (Lipinski definition) is 1. The zero-order valence-electron chi connectivity index (χ0n) is 36.6. The highest BCUT2D eigenvalue weighted by Crippen LogP contribution is 2.29. The standard InChI is InChI=1S/C46H62N4O10S/c1-32-10-17-39(18-11-32)61(55,56)58-26-25-57-38-15-13-34(14-16-38)36-27-37(30-47-29-36)40(28-42(52)59-45(2,3)4)48-43(53)35-9-8-22-50(31-35)41(51)19-12-33-20-23-49(24-21-33)44(54)60-46(5,6)7/h10-11,13-18,27,29-30,33,35,40H,8-9,12,19-26,28,31H2,1-7H3,(H,48,53)/t35-,40?/m1/s1. The van der Waals surface area contributed by atoms with E-state index >= 15 is 0 Å². The Hall–Kier alpha value is -5.02. The Morgan fingerprint density at radius 1 is 0.820 bits per heavy atom. The van der Waals surface area contributed by atoms with E-state index in [2.05, 4.69) is 10.3 Å². The van der Waals surface area contributed by atoms with Crippen LogP contribution in [0.25, 0.3) is 11.1 Å². The minimum Gasteiger partial charge on any atom is -0.491 e. The van der Waals surface area contributed by atoms with Crippen LogP contribution in [0, 0.1) is 18.8 Å². The van der Waals surface area contributed by atoms with Crippen LogP contribution in [0.5, 0.6) is 5.75 Å². The number of benzene rings is 2. The lowest BCUT2D eigenvalue weighted by Gasteiger charge is -2.35. The third-order valence-electron chi connectivity index (χ3n) is 10.5. The highest BCUT2D eigenvalue weighted by molar-refractivity contribution is 7.86. The van der Waals surface area contributed by atoms with Gasteiger partial charge in [0.1, 0.15) is 30.2 Å². The Labute approximate surface area is 360 Å². The van der Waals surface area contributed by atoms with Crippen molar-refractivity contribution >= 4 is 34.0 Å². The molecule has 3 aromatic rings. The van der Waals surface area contributed by atoms with E-state index in [9.17, 15) is 27.6 Å². The summed E-state index contributed by atoms with van der Waals surface area (Å²) in [6.45, 7) is 14.7. The molecule has 0 bridgehead atoms. The lowest BCUT2D eigenvalue weighted by atomic mass is 9.91. The molecule has 2 fully saturated rings. The molecule has 2 atom stereocenters. The SMILES string of the molecule is Cc1ccc(S(=O)(=O)OCCOc2ccc(-c3cncc(C(CC(=O)OC(C)(C)C)NC(=O)[C@@H]4CCCN(C(=O)CCC5CCN(C(=O)OC(C)(C)C)CC5)C4)c3)cc2)cc1. The van der Waals surface area contributed by atoms with Gasteiger partial charge in [-0.25, -0.2) is 4.79 Å². The molecule has 0 radical (unpaired) electrons. The first kappa shape index (κ1) is 47.0. The predicted octanol–water partition coefficient (Wildman–Crippen LogP) is 7.40. The summed E-state index contributed by atoms with van der Waals surface area (Å²) in [6, 6.07) is 14.7. The summed E-state index contributed by atoms with van der Waals surface area (Å²) in [7, 11) is -3.90. The Balaban J connectivity index is 1.17. The number of ether oxygens (including phenoxy) is 3. The fourth-order valence-corrected chi connectivity index (χ4v) is 8.24. The van der Waals surface area contributed by atoms with Crippen molar-refractivity contribution in [2.24, 2.45) is 11.8 Å². The van der Waals surface area contributed by atoms with Crippen LogP contribution in [0.2, 0.25) is 0 Å².